The van der Waals surface area contributed by atoms with E-state index in [1.165, 1.54) is 0 Å². The molecule has 1 unspecified atom stereocenters. The summed E-state index contributed by atoms with van der Waals surface area (Å²) in [6, 6.07) is 0. The van der Waals surface area contributed by atoms with E-state index in [-0.39, 0.29) is 31.8 Å². The Bertz CT molecular complexity index is 468. The molecule has 0 aromatic carbocycles. The lowest BCUT2D eigenvalue weighted by Crippen LogP contribution is -2.19. The molecule has 0 heterocycles. The molecule has 8 nitrogen and oxygen atoms in total. The second-order valence-corrected chi connectivity index (χ2v) is 10.1. The van der Waals surface area contributed by atoms with Crippen LogP contribution in [0.3, 0.4) is 0 Å². The summed E-state index contributed by atoms with van der Waals surface area (Å²) < 4.78 is 37.4. The molecule has 0 aromatic heterocycles. The topological polar surface area (TPSA) is 101 Å². The summed E-state index contributed by atoms with van der Waals surface area (Å²) in [5.74, 6) is 0.274. The zero-order valence-corrected chi connectivity index (χ0v) is 19.2. The summed E-state index contributed by atoms with van der Waals surface area (Å²) in [5.41, 5.74) is -0.721. The normalized spacial score (nSPS) is 14.3. The zero-order valence-electron chi connectivity index (χ0n) is 18.3. The largest absolute Gasteiger partial charge is 0.472 e. The summed E-state index contributed by atoms with van der Waals surface area (Å²) in [5, 5.41) is 0. The lowest BCUT2D eigenvalue weighted by Gasteiger charge is -2.22. The molecule has 0 saturated heterocycles. The van der Waals surface area contributed by atoms with Crippen molar-refractivity contribution in [2.75, 3.05) is 46.2 Å². The first-order chi connectivity index (χ1) is 12.8. The Labute approximate surface area is 177 Å². The Morgan fingerprint density at radius 1 is 0.828 bits per heavy atom. The van der Waals surface area contributed by atoms with E-state index in [0.29, 0.717) is 45.9 Å². The van der Waals surface area contributed by atoms with E-state index >= 15 is 0 Å². The van der Waals surface area contributed by atoms with Crippen LogP contribution < -0.4 is 0 Å². The lowest BCUT2D eigenvalue weighted by molar-refractivity contribution is -0.121. The Balaban J connectivity index is 0. The number of hydrogen-bond donors (Lipinski definition) is 1. The maximum absolute atomic E-state index is 11.7. The predicted molar refractivity (Wildman–Crippen MR) is 114 cm³/mol. The van der Waals surface area contributed by atoms with Gasteiger partial charge in [-0.25, -0.2) is 4.57 Å². The highest BCUT2D eigenvalue weighted by Gasteiger charge is 2.28. The molecular weight excluding hydrogens is 399 g/mol. The van der Waals surface area contributed by atoms with E-state index in [1.54, 1.807) is 20.8 Å². The second kappa shape index (κ2) is 15.5. The standard InChI is InChI=1S/C19H39O8P.CH4/c1-18(2,3)16-17(20)8-7-9-23-10-11-24-12-13-25-14-15-26-28(21,22)27-19(4,5)6;/h7-16H2,1-6H3,(H,21,22);1H4. The Kier molecular flexibility index (Phi) is 16.4. The summed E-state index contributed by atoms with van der Waals surface area (Å²) in [7, 11) is -4.06. The van der Waals surface area contributed by atoms with Crippen molar-refractivity contribution in [1.29, 1.82) is 0 Å². The summed E-state index contributed by atoms with van der Waals surface area (Å²) in [6.07, 6.45) is 1.88. The number of ketones is 1. The predicted octanol–water partition coefficient (Wildman–Crippen LogP) is 4.39. The Morgan fingerprint density at radius 3 is 1.72 bits per heavy atom. The minimum atomic E-state index is -4.06. The zero-order chi connectivity index (χ0) is 21.7. The van der Waals surface area contributed by atoms with Crippen molar-refractivity contribution in [2.24, 2.45) is 5.41 Å². The van der Waals surface area contributed by atoms with Crippen molar-refractivity contribution < 1.29 is 37.5 Å². The summed E-state index contributed by atoms with van der Waals surface area (Å²) in [4.78, 5) is 21.2. The Hall–Kier alpha value is -0.340. The number of rotatable bonds is 16. The molecule has 9 heteroatoms. The number of Topliss-reactive ketones (excluding diaryl/α,β-unsaturated/α-hetero) is 1. The van der Waals surface area contributed by atoms with Crippen molar-refractivity contribution in [3.05, 3.63) is 0 Å². The first-order valence-corrected chi connectivity index (χ1v) is 11.2. The second-order valence-electron chi connectivity index (χ2n) is 8.72. The van der Waals surface area contributed by atoms with Gasteiger partial charge in [0.1, 0.15) is 5.78 Å². The quantitative estimate of drug-likeness (QED) is 0.277. The van der Waals surface area contributed by atoms with Gasteiger partial charge in [-0.05, 0) is 32.6 Å². The van der Waals surface area contributed by atoms with Gasteiger partial charge in [0.05, 0.1) is 45.2 Å². The first kappa shape index (κ1) is 30.9. The number of phosphoric acid groups is 1. The number of hydrogen-bond acceptors (Lipinski definition) is 7. The molecule has 0 fully saturated rings. The van der Waals surface area contributed by atoms with Crippen molar-refractivity contribution >= 4 is 13.6 Å². The van der Waals surface area contributed by atoms with Gasteiger partial charge in [0.15, 0.2) is 0 Å². The van der Waals surface area contributed by atoms with Crippen LogP contribution in [-0.4, -0.2) is 62.5 Å². The van der Waals surface area contributed by atoms with E-state index in [1.807, 2.05) is 0 Å². The van der Waals surface area contributed by atoms with Crippen LogP contribution in [0.2, 0.25) is 0 Å². The van der Waals surface area contributed by atoms with Gasteiger partial charge < -0.3 is 19.1 Å². The van der Waals surface area contributed by atoms with Gasteiger partial charge >= 0.3 is 7.82 Å². The first-order valence-electron chi connectivity index (χ1n) is 9.74. The molecule has 0 saturated carbocycles. The third kappa shape index (κ3) is 23.8. The minimum Gasteiger partial charge on any atom is -0.379 e. The van der Waals surface area contributed by atoms with Gasteiger partial charge in [-0.1, -0.05) is 28.2 Å². The molecule has 0 spiro atoms. The number of carbonyl (C=O) groups is 1. The van der Waals surface area contributed by atoms with Gasteiger partial charge in [-0.3, -0.25) is 13.8 Å². The van der Waals surface area contributed by atoms with Gasteiger partial charge in [-0.2, -0.15) is 0 Å². The molecule has 0 amide bonds. The molecule has 29 heavy (non-hydrogen) atoms. The molecule has 0 aliphatic carbocycles. The van der Waals surface area contributed by atoms with Crippen LogP contribution >= 0.6 is 7.82 Å². The average molecular weight is 443 g/mol. The van der Waals surface area contributed by atoms with Crippen LogP contribution in [0.15, 0.2) is 0 Å². The number of phosphoric ester groups is 1. The summed E-state index contributed by atoms with van der Waals surface area (Å²) >= 11 is 0. The fourth-order valence-corrected chi connectivity index (χ4v) is 3.23. The van der Waals surface area contributed by atoms with Crippen molar-refractivity contribution in [3.63, 3.8) is 0 Å². The summed E-state index contributed by atoms with van der Waals surface area (Å²) in [6.45, 7) is 13.5. The maximum Gasteiger partial charge on any atom is 0.472 e. The third-order valence-electron chi connectivity index (χ3n) is 3.09. The van der Waals surface area contributed by atoms with Crippen LogP contribution in [0.4, 0.5) is 0 Å². The fourth-order valence-electron chi connectivity index (χ4n) is 2.18. The molecule has 0 bridgehead atoms. The minimum absolute atomic E-state index is 0. The molecule has 1 atom stereocenters. The Morgan fingerprint density at radius 2 is 1.28 bits per heavy atom. The van der Waals surface area contributed by atoms with Crippen LogP contribution in [-0.2, 0) is 32.6 Å². The lowest BCUT2D eigenvalue weighted by atomic mass is 9.89. The van der Waals surface area contributed by atoms with Gasteiger partial charge in [0.2, 0.25) is 0 Å². The van der Waals surface area contributed by atoms with Gasteiger partial charge in [-0.15, -0.1) is 0 Å². The van der Waals surface area contributed by atoms with E-state index in [4.69, 9.17) is 23.3 Å². The SMILES string of the molecule is C.CC(C)(C)CC(=O)CCCOCCOCCOCCOP(=O)(O)OC(C)(C)C. The smallest absolute Gasteiger partial charge is 0.379 e. The van der Waals surface area contributed by atoms with Gasteiger partial charge in [0.25, 0.3) is 0 Å². The van der Waals surface area contributed by atoms with Crippen molar-refractivity contribution in [1.82, 2.24) is 0 Å². The van der Waals surface area contributed by atoms with E-state index < -0.39 is 13.4 Å². The number of ether oxygens (including phenoxy) is 3. The van der Waals surface area contributed by atoms with Gasteiger partial charge in [0, 0.05) is 19.4 Å². The van der Waals surface area contributed by atoms with Crippen LogP contribution in [0.25, 0.3) is 0 Å². The average Bonchev–Trinajstić information content (AvgIpc) is 2.47. The van der Waals surface area contributed by atoms with E-state index in [9.17, 15) is 14.3 Å². The highest BCUT2D eigenvalue weighted by molar-refractivity contribution is 7.47. The molecular formula is C20H43O8P. The highest BCUT2D eigenvalue weighted by Crippen LogP contribution is 2.46. The highest BCUT2D eigenvalue weighted by atomic mass is 31.2. The van der Waals surface area contributed by atoms with Crippen molar-refractivity contribution in [2.45, 2.75) is 73.8 Å². The molecule has 0 aliphatic rings. The maximum atomic E-state index is 11.7. The van der Waals surface area contributed by atoms with Crippen molar-refractivity contribution in [3.8, 4) is 0 Å². The molecule has 176 valence electrons. The van der Waals surface area contributed by atoms with E-state index in [2.05, 4.69) is 20.8 Å². The number of carbonyl (C=O) groups excluding carboxylic acids is 1. The molecule has 0 rings (SSSR count). The molecule has 0 radical (unpaired) electrons. The monoisotopic (exact) mass is 442 g/mol. The molecule has 1 N–H and O–H groups in total. The fraction of sp³-hybridized carbons (Fsp3) is 0.950. The third-order valence-corrected chi connectivity index (χ3v) is 4.37. The van der Waals surface area contributed by atoms with Crippen LogP contribution in [0.5, 0.6) is 0 Å². The molecule has 0 aliphatic heterocycles. The molecule has 0 aromatic rings. The van der Waals surface area contributed by atoms with Crippen LogP contribution in [0, 0.1) is 5.41 Å². The van der Waals surface area contributed by atoms with E-state index in [0.717, 1.165) is 6.42 Å². The van der Waals surface area contributed by atoms with Crippen LogP contribution in [0.1, 0.15) is 68.2 Å².